The van der Waals surface area contributed by atoms with Crippen LogP contribution >= 0.6 is 0 Å². The number of aryl methyl sites for hydroxylation is 1. The second-order valence-corrected chi connectivity index (χ2v) is 4.96. The van der Waals surface area contributed by atoms with Crippen LogP contribution in [0.2, 0.25) is 0 Å². The van der Waals surface area contributed by atoms with Gasteiger partial charge in [-0.2, -0.15) is 0 Å². The molecule has 0 heterocycles. The minimum atomic E-state index is -0.831. The average molecular weight is 278 g/mol. The molecule has 0 saturated heterocycles. The summed E-state index contributed by atoms with van der Waals surface area (Å²) in [6, 6.07) is 7.80. The zero-order valence-corrected chi connectivity index (χ0v) is 12.3. The lowest BCUT2D eigenvalue weighted by Crippen LogP contribution is -2.32. The minimum absolute atomic E-state index is 0.0407. The number of benzene rings is 1. The molecular weight excluding hydrogens is 256 g/mol. The van der Waals surface area contributed by atoms with Crippen LogP contribution in [-0.4, -0.2) is 49.1 Å². The molecule has 1 amide bonds. The van der Waals surface area contributed by atoms with Gasteiger partial charge in [0.25, 0.3) is 0 Å². The number of carboxylic acids is 1. The van der Waals surface area contributed by atoms with Gasteiger partial charge >= 0.3 is 5.97 Å². The number of carbonyl (C=O) groups excluding carboxylic acids is 1. The largest absolute Gasteiger partial charge is 0.481 e. The number of hydrogen-bond acceptors (Lipinski definition) is 3. The van der Waals surface area contributed by atoms with Crippen LogP contribution in [0.25, 0.3) is 0 Å². The van der Waals surface area contributed by atoms with E-state index in [0.29, 0.717) is 19.5 Å². The second kappa shape index (κ2) is 7.53. The fourth-order valence-corrected chi connectivity index (χ4v) is 1.96. The maximum Gasteiger partial charge on any atom is 0.305 e. The van der Waals surface area contributed by atoms with Crippen LogP contribution in [0.15, 0.2) is 24.3 Å². The topological polar surface area (TPSA) is 60.9 Å². The molecule has 0 radical (unpaired) electrons. The lowest BCUT2D eigenvalue weighted by molar-refractivity contribution is -0.136. The van der Waals surface area contributed by atoms with Crippen molar-refractivity contribution >= 4 is 17.6 Å². The molecule has 110 valence electrons. The fourth-order valence-electron chi connectivity index (χ4n) is 1.96. The summed E-state index contributed by atoms with van der Waals surface area (Å²) >= 11 is 0. The number of carboxylic acid groups (broad SMARTS) is 1. The molecule has 0 aliphatic rings. The lowest BCUT2D eigenvalue weighted by Gasteiger charge is -2.26. The monoisotopic (exact) mass is 278 g/mol. The smallest absolute Gasteiger partial charge is 0.305 e. The van der Waals surface area contributed by atoms with Gasteiger partial charge in [0.2, 0.25) is 5.91 Å². The molecular formula is C15H22N2O3. The van der Waals surface area contributed by atoms with Crippen LogP contribution < -0.4 is 4.90 Å². The highest BCUT2D eigenvalue weighted by atomic mass is 16.4. The van der Waals surface area contributed by atoms with Crippen molar-refractivity contribution in [2.75, 3.05) is 32.1 Å². The molecule has 5 heteroatoms. The van der Waals surface area contributed by atoms with Crippen molar-refractivity contribution in [3.05, 3.63) is 29.8 Å². The number of hydrogen-bond donors (Lipinski definition) is 1. The van der Waals surface area contributed by atoms with Crippen molar-refractivity contribution in [1.29, 1.82) is 0 Å². The number of rotatable bonds is 7. The number of amides is 1. The van der Waals surface area contributed by atoms with Gasteiger partial charge in [-0.1, -0.05) is 18.2 Å². The third kappa shape index (κ3) is 4.91. The standard InChI is InChI=1S/C15H22N2O3/c1-12-6-4-5-7-13(12)17(11-9-15(19)20)10-8-14(18)16(2)3/h4-7H,8-11H2,1-3H3,(H,19,20). The molecule has 0 fully saturated rings. The third-order valence-corrected chi connectivity index (χ3v) is 3.15. The van der Waals surface area contributed by atoms with E-state index in [-0.39, 0.29) is 12.3 Å². The molecule has 1 N–H and O–H groups in total. The van der Waals surface area contributed by atoms with E-state index < -0.39 is 5.97 Å². The van der Waals surface area contributed by atoms with E-state index in [0.717, 1.165) is 11.3 Å². The molecule has 1 aromatic rings. The van der Waals surface area contributed by atoms with Gasteiger partial charge in [0.15, 0.2) is 0 Å². The Morgan fingerprint density at radius 2 is 1.70 bits per heavy atom. The molecule has 0 aliphatic carbocycles. The summed E-state index contributed by atoms with van der Waals surface area (Å²) in [5, 5.41) is 8.84. The zero-order chi connectivity index (χ0) is 15.1. The van der Waals surface area contributed by atoms with Gasteiger partial charge in [-0.15, -0.1) is 0 Å². The van der Waals surface area contributed by atoms with Crippen molar-refractivity contribution in [2.24, 2.45) is 0 Å². The van der Waals surface area contributed by atoms with Crippen molar-refractivity contribution in [2.45, 2.75) is 19.8 Å². The Balaban J connectivity index is 2.77. The summed E-state index contributed by atoms with van der Waals surface area (Å²) in [4.78, 5) is 26.0. The van der Waals surface area contributed by atoms with E-state index in [1.807, 2.05) is 36.1 Å². The minimum Gasteiger partial charge on any atom is -0.481 e. The van der Waals surface area contributed by atoms with E-state index in [9.17, 15) is 9.59 Å². The van der Waals surface area contributed by atoms with Gasteiger partial charge in [0.05, 0.1) is 6.42 Å². The molecule has 1 rings (SSSR count). The van der Waals surface area contributed by atoms with Crippen LogP contribution in [0.4, 0.5) is 5.69 Å². The number of nitrogens with zero attached hydrogens (tertiary/aromatic N) is 2. The molecule has 0 bridgehead atoms. The highest BCUT2D eigenvalue weighted by Gasteiger charge is 2.13. The molecule has 1 aromatic carbocycles. The first-order chi connectivity index (χ1) is 9.41. The quantitative estimate of drug-likeness (QED) is 0.825. The fraction of sp³-hybridized carbons (Fsp3) is 0.467. The van der Waals surface area contributed by atoms with E-state index in [1.165, 1.54) is 0 Å². The third-order valence-electron chi connectivity index (χ3n) is 3.15. The summed E-state index contributed by atoms with van der Waals surface area (Å²) in [7, 11) is 3.44. The average Bonchev–Trinajstić information content (AvgIpc) is 2.39. The van der Waals surface area contributed by atoms with E-state index in [2.05, 4.69) is 0 Å². The van der Waals surface area contributed by atoms with Crippen molar-refractivity contribution in [3.8, 4) is 0 Å². The predicted molar refractivity (Wildman–Crippen MR) is 79.0 cm³/mol. The highest BCUT2D eigenvalue weighted by molar-refractivity contribution is 5.76. The van der Waals surface area contributed by atoms with Gasteiger partial charge in [-0.05, 0) is 18.6 Å². The van der Waals surface area contributed by atoms with Gasteiger partial charge in [0, 0.05) is 39.3 Å². The van der Waals surface area contributed by atoms with Gasteiger partial charge in [-0.25, -0.2) is 0 Å². The summed E-state index contributed by atoms with van der Waals surface area (Å²) in [5.41, 5.74) is 2.07. The first-order valence-corrected chi connectivity index (χ1v) is 6.64. The molecule has 0 aromatic heterocycles. The van der Waals surface area contributed by atoms with E-state index in [1.54, 1.807) is 19.0 Å². The first kappa shape index (κ1) is 16.0. The predicted octanol–water partition coefficient (Wildman–Crippen LogP) is 1.75. The normalized spacial score (nSPS) is 10.2. The van der Waals surface area contributed by atoms with Crippen molar-refractivity contribution < 1.29 is 14.7 Å². The maximum absolute atomic E-state index is 11.7. The Hall–Kier alpha value is -2.04. The Morgan fingerprint density at radius 3 is 2.25 bits per heavy atom. The number of carbonyl (C=O) groups is 2. The van der Waals surface area contributed by atoms with Crippen LogP contribution in [0.3, 0.4) is 0 Å². The maximum atomic E-state index is 11.7. The molecule has 0 saturated carbocycles. The lowest BCUT2D eigenvalue weighted by atomic mass is 10.1. The molecule has 0 unspecified atom stereocenters. The van der Waals surface area contributed by atoms with Gasteiger partial charge in [-0.3, -0.25) is 9.59 Å². The Kier molecular flexibility index (Phi) is 6.03. The van der Waals surface area contributed by atoms with Crippen LogP contribution in [-0.2, 0) is 9.59 Å². The number of anilines is 1. The highest BCUT2D eigenvalue weighted by Crippen LogP contribution is 2.20. The summed E-state index contributed by atoms with van der Waals surface area (Å²) in [6.07, 6.45) is 0.436. The van der Waals surface area contributed by atoms with Crippen LogP contribution in [0.5, 0.6) is 0 Å². The first-order valence-electron chi connectivity index (χ1n) is 6.64. The number of aliphatic carboxylic acids is 1. The van der Waals surface area contributed by atoms with Gasteiger partial charge < -0.3 is 14.9 Å². The summed E-state index contributed by atoms with van der Waals surface area (Å²) < 4.78 is 0. The van der Waals surface area contributed by atoms with E-state index >= 15 is 0 Å². The summed E-state index contributed by atoms with van der Waals surface area (Å²) in [6.45, 7) is 2.91. The van der Waals surface area contributed by atoms with Crippen molar-refractivity contribution in [1.82, 2.24) is 4.90 Å². The van der Waals surface area contributed by atoms with E-state index in [4.69, 9.17) is 5.11 Å². The Bertz CT molecular complexity index is 472. The Morgan fingerprint density at radius 1 is 1.10 bits per heavy atom. The molecule has 5 nitrogen and oxygen atoms in total. The number of para-hydroxylation sites is 1. The van der Waals surface area contributed by atoms with Crippen LogP contribution in [0.1, 0.15) is 18.4 Å². The van der Waals surface area contributed by atoms with Gasteiger partial charge in [0.1, 0.15) is 0 Å². The summed E-state index contributed by atoms with van der Waals surface area (Å²) in [5.74, 6) is -0.790. The second-order valence-electron chi connectivity index (χ2n) is 4.96. The Labute approximate surface area is 119 Å². The molecule has 0 aliphatic heterocycles. The van der Waals surface area contributed by atoms with Crippen LogP contribution in [0, 0.1) is 6.92 Å². The molecule has 0 spiro atoms. The zero-order valence-electron chi connectivity index (χ0n) is 12.3. The SMILES string of the molecule is Cc1ccccc1N(CCC(=O)O)CCC(=O)N(C)C. The van der Waals surface area contributed by atoms with Crippen molar-refractivity contribution in [3.63, 3.8) is 0 Å². The molecule has 20 heavy (non-hydrogen) atoms. The molecule has 0 atom stereocenters.